The highest BCUT2D eigenvalue weighted by molar-refractivity contribution is 5.54. The molecule has 2 N–H and O–H groups in total. The lowest BCUT2D eigenvalue weighted by Crippen LogP contribution is -2.02. The van der Waals surface area contributed by atoms with Gasteiger partial charge in [0.2, 0.25) is 0 Å². The number of anilines is 1. The number of rotatable bonds is 3. The second-order valence-electron chi connectivity index (χ2n) is 3.89. The summed E-state index contributed by atoms with van der Waals surface area (Å²) in [7, 11) is 0. The van der Waals surface area contributed by atoms with Gasteiger partial charge in [-0.3, -0.25) is 0 Å². The third kappa shape index (κ3) is 1.97. The summed E-state index contributed by atoms with van der Waals surface area (Å²) in [5, 5.41) is 0. The molecule has 76 valence electrons. The van der Waals surface area contributed by atoms with Crippen LogP contribution in [0.2, 0.25) is 0 Å². The third-order valence-corrected chi connectivity index (χ3v) is 2.46. The minimum Gasteiger partial charge on any atom is -0.491 e. The van der Waals surface area contributed by atoms with Crippen molar-refractivity contribution in [3.63, 3.8) is 0 Å². The van der Waals surface area contributed by atoms with Gasteiger partial charge < -0.3 is 10.5 Å². The Morgan fingerprint density at radius 2 is 2.21 bits per heavy atom. The average Bonchev–Trinajstić information content (AvgIpc) is 2.92. The van der Waals surface area contributed by atoms with Crippen LogP contribution in [0.4, 0.5) is 10.1 Å². The monoisotopic (exact) mass is 195 g/mol. The lowest BCUT2D eigenvalue weighted by Gasteiger charge is -2.09. The quantitative estimate of drug-likeness (QED) is 0.752. The Bertz CT molecular complexity index is 347. The second-order valence-corrected chi connectivity index (χ2v) is 3.89. The fourth-order valence-corrected chi connectivity index (χ4v) is 1.29. The molecule has 14 heavy (non-hydrogen) atoms. The van der Waals surface area contributed by atoms with Crippen LogP contribution in [-0.4, -0.2) is 6.61 Å². The predicted molar refractivity (Wildman–Crippen MR) is 53.8 cm³/mol. The van der Waals surface area contributed by atoms with Crippen LogP contribution >= 0.6 is 0 Å². The number of hydrogen-bond acceptors (Lipinski definition) is 2. The van der Waals surface area contributed by atoms with Crippen LogP contribution in [0.1, 0.15) is 18.4 Å². The largest absolute Gasteiger partial charge is 0.491 e. The molecule has 1 fully saturated rings. The van der Waals surface area contributed by atoms with Gasteiger partial charge in [0.25, 0.3) is 0 Å². The first-order valence-electron chi connectivity index (χ1n) is 4.85. The molecule has 1 aliphatic rings. The van der Waals surface area contributed by atoms with Crippen LogP contribution in [0.3, 0.4) is 0 Å². The molecular formula is C11H14FNO. The summed E-state index contributed by atoms with van der Waals surface area (Å²) in [4.78, 5) is 0. The molecule has 0 atom stereocenters. The lowest BCUT2D eigenvalue weighted by molar-refractivity contribution is 0.301. The summed E-state index contributed by atoms with van der Waals surface area (Å²) in [6.45, 7) is 2.41. The van der Waals surface area contributed by atoms with Crippen molar-refractivity contribution in [3.05, 3.63) is 23.5 Å². The van der Waals surface area contributed by atoms with Crippen molar-refractivity contribution in [1.82, 2.24) is 0 Å². The molecule has 0 unspecified atom stereocenters. The Morgan fingerprint density at radius 1 is 1.50 bits per heavy atom. The van der Waals surface area contributed by atoms with E-state index in [-0.39, 0.29) is 5.82 Å². The Morgan fingerprint density at radius 3 is 2.86 bits per heavy atom. The Kier molecular flexibility index (Phi) is 2.32. The first-order chi connectivity index (χ1) is 6.66. The molecule has 1 aromatic rings. The third-order valence-electron chi connectivity index (χ3n) is 2.46. The standard InChI is InChI=1S/C11H14FNO/c1-7-4-11(10(13)5-9(7)12)14-6-8-2-3-8/h4-5,8H,2-3,6,13H2,1H3. The van der Waals surface area contributed by atoms with Gasteiger partial charge in [-0.05, 0) is 37.3 Å². The first-order valence-corrected chi connectivity index (χ1v) is 4.85. The van der Waals surface area contributed by atoms with Gasteiger partial charge in [0.05, 0.1) is 12.3 Å². The predicted octanol–water partition coefficient (Wildman–Crippen LogP) is 2.51. The lowest BCUT2D eigenvalue weighted by atomic mass is 10.2. The summed E-state index contributed by atoms with van der Waals surface area (Å²) in [5.74, 6) is 1.01. The van der Waals surface area contributed by atoms with Gasteiger partial charge in [-0.15, -0.1) is 0 Å². The highest BCUT2D eigenvalue weighted by atomic mass is 19.1. The van der Waals surface area contributed by atoms with Crippen LogP contribution in [0, 0.1) is 18.7 Å². The van der Waals surface area contributed by atoms with E-state index in [1.165, 1.54) is 18.9 Å². The normalized spacial score (nSPS) is 15.6. The number of halogens is 1. The molecule has 0 heterocycles. The molecule has 0 aromatic heterocycles. The second kappa shape index (κ2) is 3.48. The van der Waals surface area contributed by atoms with Gasteiger partial charge in [0.15, 0.2) is 0 Å². The molecule has 0 radical (unpaired) electrons. The first kappa shape index (κ1) is 9.31. The molecule has 0 aliphatic heterocycles. The van der Waals surface area contributed by atoms with Gasteiger partial charge in [0, 0.05) is 6.07 Å². The van der Waals surface area contributed by atoms with E-state index in [9.17, 15) is 4.39 Å². The zero-order chi connectivity index (χ0) is 10.1. The van der Waals surface area contributed by atoms with E-state index < -0.39 is 0 Å². The van der Waals surface area contributed by atoms with Crippen LogP contribution < -0.4 is 10.5 Å². The molecule has 1 saturated carbocycles. The molecule has 1 aliphatic carbocycles. The van der Waals surface area contributed by atoms with Crippen molar-refractivity contribution < 1.29 is 9.13 Å². The molecule has 3 heteroatoms. The molecule has 0 saturated heterocycles. The highest BCUT2D eigenvalue weighted by Crippen LogP contribution is 2.31. The average molecular weight is 195 g/mol. The molecule has 1 aromatic carbocycles. The van der Waals surface area contributed by atoms with Crippen molar-refractivity contribution in [2.75, 3.05) is 12.3 Å². The SMILES string of the molecule is Cc1cc(OCC2CC2)c(N)cc1F. The Hall–Kier alpha value is -1.25. The number of ether oxygens (including phenoxy) is 1. The van der Waals surface area contributed by atoms with E-state index in [1.54, 1.807) is 13.0 Å². The van der Waals surface area contributed by atoms with Crippen LogP contribution in [0.25, 0.3) is 0 Å². The fourth-order valence-electron chi connectivity index (χ4n) is 1.29. The molecule has 0 spiro atoms. The topological polar surface area (TPSA) is 35.2 Å². The summed E-state index contributed by atoms with van der Waals surface area (Å²) >= 11 is 0. The summed E-state index contributed by atoms with van der Waals surface area (Å²) in [6.07, 6.45) is 2.47. The van der Waals surface area contributed by atoms with E-state index in [2.05, 4.69) is 0 Å². The molecule has 0 bridgehead atoms. The summed E-state index contributed by atoms with van der Waals surface area (Å²) in [5.41, 5.74) is 6.59. The van der Waals surface area contributed by atoms with Crippen LogP contribution in [0.5, 0.6) is 5.75 Å². The van der Waals surface area contributed by atoms with Crippen LogP contribution in [0.15, 0.2) is 12.1 Å². The molecule has 2 rings (SSSR count). The zero-order valence-electron chi connectivity index (χ0n) is 8.22. The van der Waals surface area contributed by atoms with E-state index in [0.717, 1.165) is 0 Å². The van der Waals surface area contributed by atoms with Crippen molar-refractivity contribution in [1.29, 1.82) is 0 Å². The van der Waals surface area contributed by atoms with Crippen molar-refractivity contribution in [2.24, 2.45) is 5.92 Å². The number of aryl methyl sites for hydroxylation is 1. The van der Waals surface area contributed by atoms with Gasteiger partial charge in [-0.25, -0.2) is 4.39 Å². The summed E-state index contributed by atoms with van der Waals surface area (Å²) < 4.78 is 18.5. The minimum atomic E-state index is -0.277. The maximum atomic E-state index is 13.0. The van der Waals surface area contributed by atoms with Gasteiger partial charge >= 0.3 is 0 Å². The Balaban J connectivity index is 2.10. The van der Waals surface area contributed by atoms with E-state index in [0.29, 0.717) is 29.5 Å². The zero-order valence-corrected chi connectivity index (χ0v) is 8.22. The van der Waals surface area contributed by atoms with Gasteiger partial charge in [-0.2, -0.15) is 0 Å². The fraction of sp³-hybridized carbons (Fsp3) is 0.455. The highest BCUT2D eigenvalue weighted by Gasteiger charge is 2.22. The smallest absolute Gasteiger partial charge is 0.142 e. The maximum Gasteiger partial charge on any atom is 0.142 e. The number of hydrogen-bond donors (Lipinski definition) is 1. The van der Waals surface area contributed by atoms with E-state index in [1.807, 2.05) is 0 Å². The van der Waals surface area contributed by atoms with E-state index >= 15 is 0 Å². The van der Waals surface area contributed by atoms with Gasteiger partial charge in [-0.1, -0.05) is 0 Å². The maximum absolute atomic E-state index is 13.0. The van der Waals surface area contributed by atoms with E-state index in [4.69, 9.17) is 10.5 Å². The molecular weight excluding hydrogens is 181 g/mol. The van der Waals surface area contributed by atoms with Crippen molar-refractivity contribution in [2.45, 2.75) is 19.8 Å². The van der Waals surface area contributed by atoms with Gasteiger partial charge in [0.1, 0.15) is 11.6 Å². The number of nitrogens with two attached hydrogens (primary N) is 1. The van der Waals surface area contributed by atoms with Crippen LogP contribution in [-0.2, 0) is 0 Å². The van der Waals surface area contributed by atoms with Crippen molar-refractivity contribution in [3.8, 4) is 5.75 Å². The molecule has 2 nitrogen and oxygen atoms in total. The van der Waals surface area contributed by atoms with Crippen molar-refractivity contribution >= 4 is 5.69 Å². The Labute approximate surface area is 82.9 Å². The summed E-state index contributed by atoms with van der Waals surface area (Å²) in [6, 6.07) is 2.98. The minimum absolute atomic E-state index is 0.277. The number of nitrogen functional groups attached to an aromatic ring is 1. The number of benzene rings is 1. The molecule has 0 amide bonds.